The average molecular weight is 261 g/mol. The van der Waals surface area contributed by atoms with Gasteiger partial charge in [-0.1, -0.05) is 6.42 Å². The third-order valence-electron chi connectivity index (χ3n) is 4.00. The number of rotatable bonds is 3. The first-order valence-corrected chi connectivity index (χ1v) is 8.49. The summed E-state index contributed by atoms with van der Waals surface area (Å²) in [5, 5.41) is 13.1. The number of sulfone groups is 1. The van der Waals surface area contributed by atoms with Crippen molar-refractivity contribution < 1.29 is 13.5 Å². The van der Waals surface area contributed by atoms with E-state index in [9.17, 15) is 13.5 Å². The van der Waals surface area contributed by atoms with E-state index in [-0.39, 0.29) is 6.10 Å². The number of aliphatic hydroxyl groups is 1. The predicted octanol–water partition coefficient (Wildman–Crippen LogP) is 0.704. The maximum atomic E-state index is 11.3. The van der Waals surface area contributed by atoms with Crippen LogP contribution in [0, 0.1) is 5.92 Å². The maximum absolute atomic E-state index is 11.3. The van der Waals surface area contributed by atoms with Crippen molar-refractivity contribution in [2.75, 3.05) is 18.1 Å². The lowest BCUT2D eigenvalue weighted by Crippen LogP contribution is -2.40. The van der Waals surface area contributed by atoms with Gasteiger partial charge in [0.2, 0.25) is 0 Å². The molecule has 2 N–H and O–H groups in total. The molecule has 1 aliphatic heterocycles. The molecule has 1 aliphatic carbocycles. The van der Waals surface area contributed by atoms with Crippen molar-refractivity contribution in [3.05, 3.63) is 0 Å². The number of nitrogens with one attached hydrogen (secondary N) is 1. The lowest BCUT2D eigenvalue weighted by Gasteiger charge is -2.29. The Bertz CT molecular complexity index is 328. The van der Waals surface area contributed by atoms with E-state index in [1.54, 1.807) is 0 Å². The minimum absolute atomic E-state index is 0.123. The van der Waals surface area contributed by atoms with Crippen molar-refractivity contribution >= 4 is 9.84 Å². The van der Waals surface area contributed by atoms with Crippen LogP contribution in [0.15, 0.2) is 0 Å². The number of hydrogen-bond acceptors (Lipinski definition) is 4. The van der Waals surface area contributed by atoms with E-state index in [0.29, 0.717) is 23.5 Å². The molecule has 4 nitrogen and oxygen atoms in total. The molecule has 0 aromatic carbocycles. The Balaban J connectivity index is 1.68. The van der Waals surface area contributed by atoms with Crippen LogP contribution in [0.2, 0.25) is 0 Å². The second kappa shape index (κ2) is 5.67. The first kappa shape index (κ1) is 13.3. The summed E-state index contributed by atoms with van der Waals surface area (Å²) in [6, 6.07) is 0.359. The maximum Gasteiger partial charge on any atom is 0.150 e. The van der Waals surface area contributed by atoms with Gasteiger partial charge in [-0.25, -0.2) is 8.42 Å². The van der Waals surface area contributed by atoms with Crippen molar-refractivity contribution in [1.82, 2.24) is 5.32 Å². The molecule has 0 bridgehead atoms. The molecule has 2 atom stereocenters. The van der Waals surface area contributed by atoms with Gasteiger partial charge in [-0.15, -0.1) is 0 Å². The van der Waals surface area contributed by atoms with Crippen LogP contribution in [0.5, 0.6) is 0 Å². The molecule has 2 unspecified atom stereocenters. The normalized spacial score (nSPS) is 34.6. The Morgan fingerprint density at radius 3 is 2.47 bits per heavy atom. The molecule has 2 fully saturated rings. The highest BCUT2D eigenvalue weighted by Crippen LogP contribution is 2.24. The third-order valence-corrected chi connectivity index (χ3v) is 5.72. The lowest BCUT2D eigenvalue weighted by molar-refractivity contribution is 0.0994. The molecule has 0 aromatic heterocycles. The molecular formula is C12H23NO3S. The predicted molar refractivity (Wildman–Crippen MR) is 67.6 cm³/mol. The van der Waals surface area contributed by atoms with Gasteiger partial charge >= 0.3 is 0 Å². The second-order valence-electron chi connectivity index (χ2n) is 5.52. The van der Waals surface area contributed by atoms with Crippen LogP contribution in [-0.4, -0.2) is 43.7 Å². The van der Waals surface area contributed by atoms with Crippen LogP contribution in [0.25, 0.3) is 0 Å². The highest BCUT2D eigenvalue weighted by atomic mass is 32.2. The first-order chi connectivity index (χ1) is 8.05. The summed E-state index contributed by atoms with van der Waals surface area (Å²) in [6.07, 6.45) is 5.52. The molecule has 1 heterocycles. The first-order valence-electron chi connectivity index (χ1n) is 6.67. The summed E-state index contributed by atoms with van der Waals surface area (Å²) in [7, 11) is -2.75. The van der Waals surface area contributed by atoms with Gasteiger partial charge in [-0.3, -0.25) is 0 Å². The highest BCUT2D eigenvalue weighted by Gasteiger charge is 2.25. The molecule has 100 valence electrons. The van der Waals surface area contributed by atoms with Crippen LogP contribution in [0.3, 0.4) is 0 Å². The fourth-order valence-electron chi connectivity index (χ4n) is 2.88. The SMILES string of the molecule is O=S1(=O)CCC(NCC2CCCC(O)C2)CC1. The van der Waals surface area contributed by atoms with Gasteiger partial charge in [0.15, 0.2) is 0 Å². The molecule has 2 rings (SSSR count). The smallest absolute Gasteiger partial charge is 0.150 e. The molecule has 17 heavy (non-hydrogen) atoms. The quantitative estimate of drug-likeness (QED) is 0.785. The summed E-state index contributed by atoms with van der Waals surface area (Å²) in [5.41, 5.74) is 0. The van der Waals surface area contributed by atoms with E-state index in [0.717, 1.165) is 38.6 Å². The molecule has 1 saturated carbocycles. The van der Waals surface area contributed by atoms with Gasteiger partial charge in [0.25, 0.3) is 0 Å². The van der Waals surface area contributed by atoms with Gasteiger partial charge in [0.05, 0.1) is 17.6 Å². The molecule has 0 radical (unpaired) electrons. The topological polar surface area (TPSA) is 66.4 Å². The molecule has 0 amide bonds. The highest BCUT2D eigenvalue weighted by molar-refractivity contribution is 7.91. The molecular weight excluding hydrogens is 238 g/mol. The van der Waals surface area contributed by atoms with E-state index in [1.807, 2.05) is 0 Å². The minimum atomic E-state index is -2.75. The Morgan fingerprint density at radius 1 is 1.12 bits per heavy atom. The zero-order chi connectivity index (χ0) is 12.3. The van der Waals surface area contributed by atoms with Crippen molar-refractivity contribution in [1.29, 1.82) is 0 Å². The van der Waals surface area contributed by atoms with Gasteiger partial charge in [-0.05, 0) is 44.6 Å². The molecule has 2 aliphatic rings. The third kappa shape index (κ3) is 4.23. The van der Waals surface area contributed by atoms with Crippen LogP contribution in [0.4, 0.5) is 0 Å². The van der Waals surface area contributed by atoms with Gasteiger partial charge < -0.3 is 10.4 Å². The van der Waals surface area contributed by atoms with Gasteiger partial charge in [0, 0.05) is 6.04 Å². The zero-order valence-corrected chi connectivity index (χ0v) is 11.1. The molecule has 0 aromatic rings. The van der Waals surface area contributed by atoms with Gasteiger partial charge in [0.1, 0.15) is 9.84 Å². The average Bonchev–Trinajstić information content (AvgIpc) is 2.28. The summed E-state index contributed by atoms with van der Waals surface area (Å²) < 4.78 is 22.6. The summed E-state index contributed by atoms with van der Waals surface area (Å²) in [4.78, 5) is 0. The fraction of sp³-hybridized carbons (Fsp3) is 1.00. The van der Waals surface area contributed by atoms with E-state index in [4.69, 9.17) is 0 Å². The molecule has 0 spiro atoms. The standard InChI is InChI=1S/C12H23NO3S/c14-12-3-1-2-10(8-12)9-13-11-4-6-17(15,16)7-5-11/h10-14H,1-9H2. The van der Waals surface area contributed by atoms with Gasteiger partial charge in [-0.2, -0.15) is 0 Å². The fourth-order valence-corrected chi connectivity index (χ4v) is 4.37. The molecule has 5 heteroatoms. The lowest BCUT2D eigenvalue weighted by atomic mass is 9.87. The van der Waals surface area contributed by atoms with Crippen LogP contribution < -0.4 is 5.32 Å². The van der Waals surface area contributed by atoms with E-state index in [1.165, 1.54) is 6.42 Å². The summed E-state index contributed by atoms with van der Waals surface area (Å²) in [5.74, 6) is 1.23. The number of hydrogen-bond donors (Lipinski definition) is 2. The Labute approximate surface area is 104 Å². The molecule has 1 saturated heterocycles. The van der Waals surface area contributed by atoms with Crippen LogP contribution >= 0.6 is 0 Å². The zero-order valence-electron chi connectivity index (χ0n) is 10.3. The van der Waals surface area contributed by atoms with Crippen molar-refractivity contribution in [2.24, 2.45) is 5.92 Å². The van der Waals surface area contributed by atoms with E-state index >= 15 is 0 Å². The van der Waals surface area contributed by atoms with Crippen molar-refractivity contribution in [3.63, 3.8) is 0 Å². The van der Waals surface area contributed by atoms with E-state index < -0.39 is 9.84 Å². The van der Waals surface area contributed by atoms with E-state index in [2.05, 4.69) is 5.32 Å². The monoisotopic (exact) mass is 261 g/mol. The number of aliphatic hydroxyl groups excluding tert-OH is 1. The van der Waals surface area contributed by atoms with Crippen LogP contribution in [0.1, 0.15) is 38.5 Å². The van der Waals surface area contributed by atoms with Crippen LogP contribution in [-0.2, 0) is 9.84 Å². The van der Waals surface area contributed by atoms with Crippen molar-refractivity contribution in [3.8, 4) is 0 Å². The largest absolute Gasteiger partial charge is 0.393 e. The second-order valence-corrected chi connectivity index (χ2v) is 7.82. The Morgan fingerprint density at radius 2 is 1.82 bits per heavy atom. The summed E-state index contributed by atoms with van der Waals surface area (Å²) in [6.45, 7) is 0.932. The Hall–Kier alpha value is -0.130. The summed E-state index contributed by atoms with van der Waals surface area (Å²) >= 11 is 0. The Kier molecular flexibility index (Phi) is 4.44. The van der Waals surface area contributed by atoms with Crippen molar-refractivity contribution in [2.45, 2.75) is 50.7 Å². The minimum Gasteiger partial charge on any atom is -0.393 e.